The van der Waals surface area contributed by atoms with Crippen LogP contribution in [-0.4, -0.2) is 53.7 Å². The van der Waals surface area contributed by atoms with E-state index < -0.39 is 0 Å². The molecule has 0 bridgehead atoms. The maximum atomic E-state index is 9.72. The molecule has 9 heteroatoms. The molecule has 1 atom stereocenters. The summed E-state index contributed by atoms with van der Waals surface area (Å²) in [5.41, 5.74) is 3.12. The fourth-order valence-corrected chi connectivity index (χ4v) is 5.67. The lowest BCUT2D eigenvalue weighted by molar-refractivity contribution is 0.174. The third-order valence-electron chi connectivity index (χ3n) is 6.44. The zero-order chi connectivity index (χ0) is 20.8. The molecule has 1 saturated carbocycles. The molecule has 160 valence electrons. The number of thiazole rings is 1. The third kappa shape index (κ3) is 3.56. The highest BCUT2D eigenvalue weighted by Gasteiger charge is 2.24. The van der Waals surface area contributed by atoms with E-state index in [-0.39, 0.29) is 6.10 Å². The highest BCUT2D eigenvalue weighted by atomic mass is 32.1. The van der Waals surface area contributed by atoms with Crippen LogP contribution in [-0.2, 0) is 6.54 Å². The van der Waals surface area contributed by atoms with Crippen LogP contribution in [0.15, 0.2) is 30.0 Å². The molecule has 2 aliphatic rings. The number of β-amino-alcohol motifs (C(OH)–C–C–N with tert-alkyl or cyclic N) is 1. The summed E-state index contributed by atoms with van der Waals surface area (Å²) in [4.78, 5) is 20.8. The normalized spacial score (nSPS) is 20.4. The number of hydrogen-bond donors (Lipinski definition) is 2. The molecule has 0 radical (unpaired) electrons. The standard InChI is InChI=1S/C22H25N7OS/c30-16-6-8-28(12-16)11-14-13-31-22(25-14)27-21-24-9-18-17-5-7-23-10-19(17)29(20(18)26-21)15-3-1-2-4-15/h5,7,9-10,13,15-16,30H,1-4,6,8,11-12H2,(H,24,25,26,27)/t16-/m0/s1. The Kier molecular flexibility index (Phi) is 4.81. The smallest absolute Gasteiger partial charge is 0.230 e. The van der Waals surface area contributed by atoms with E-state index in [4.69, 9.17) is 9.97 Å². The second-order valence-corrected chi connectivity index (χ2v) is 9.44. The topological polar surface area (TPSA) is 92.0 Å². The van der Waals surface area contributed by atoms with Gasteiger partial charge in [-0.25, -0.2) is 9.97 Å². The molecule has 1 aliphatic carbocycles. The predicted molar refractivity (Wildman–Crippen MR) is 122 cm³/mol. The largest absolute Gasteiger partial charge is 0.392 e. The molecule has 0 unspecified atom stereocenters. The molecule has 8 nitrogen and oxygen atoms in total. The van der Waals surface area contributed by atoms with E-state index in [2.05, 4.69) is 36.2 Å². The van der Waals surface area contributed by atoms with Gasteiger partial charge in [-0.15, -0.1) is 11.3 Å². The van der Waals surface area contributed by atoms with Crippen molar-refractivity contribution in [3.05, 3.63) is 35.7 Å². The fourth-order valence-electron chi connectivity index (χ4n) is 4.98. The van der Waals surface area contributed by atoms with Gasteiger partial charge in [0.2, 0.25) is 5.95 Å². The summed E-state index contributed by atoms with van der Waals surface area (Å²) in [5.74, 6) is 0.569. The third-order valence-corrected chi connectivity index (χ3v) is 7.25. The summed E-state index contributed by atoms with van der Waals surface area (Å²) in [6.07, 6.45) is 11.2. The zero-order valence-corrected chi connectivity index (χ0v) is 18.1. The minimum absolute atomic E-state index is 0.210. The Morgan fingerprint density at radius 2 is 2.03 bits per heavy atom. The second-order valence-electron chi connectivity index (χ2n) is 8.58. The number of aliphatic hydroxyl groups is 1. The first-order valence-corrected chi connectivity index (χ1v) is 11.8. The summed E-state index contributed by atoms with van der Waals surface area (Å²) in [6, 6.07) is 2.52. The Morgan fingerprint density at radius 3 is 2.87 bits per heavy atom. The van der Waals surface area contributed by atoms with Gasteiger partial charge in [0, 0.05) is 54.2 Å². The molecular weight excluding hydrogens is 410 g/mol. The quantitative estimate of drug-likeness (QED) is 0.492. The lowest BCUT2D eigenvalue weighted by Crippen LogP contribution is -2.21. The number of pyridine rings is 1. The first kappa shape index (κ1) is 19.1. The van der Waals surface area contributed by atoms with Crippen LogP contribution in [0, 0.1) is 0 Å². The molecule has 0 aromatic carbocycles. The fraction of sp³-hybridized carbons (Fsp3) is 0.455. The van der Waals surface area contributed by atoms with Crippen molar-refractivity contribution >= 4 is 44.4 Å². The van der Waals surface area contributed by atoms with E-state index in [9.17, 15) is 5.11 Å². The Morgan fingerprint density at radius 1 is 1.13 bits per heavy atom. The predicted octanol–water partition coefficient (Wildman–Crippen LogP) is 3.86. The van der Waals surface area contributed by atoms with Crippen molar-refractivity contribution in [3.8, 4) is 0 Å². The Labute approximate surface area is 184 Å². The van der Waals surface area contributed by atoms with Crippen LogP contribution in [0.25, 0.3) is 21.9 Å². The van der Waals surface area contributed by atoms with Gasteiger partial charge in [-0.3, -0.25) is 15.2 Å². The van der Waals surface area contributed by atoms with Gasteiger partial charge in [0.15, 0.2) is 5.13 Å². The van der Waals surface area contributed by atoms with Crippen LogP contribution < -0.4 is 5.32 Å². The van der Waals surface area contributed by atoms with Crippen molar-refractivity contribution in [3.63, 3.8) is 0 Å². The Balaban J connectivity index is 1.30. The molecular formula is C22H25N7OS. The summed E-state index contributed by atoms with van der Waals surface area (Å²) in [5, 5.41) is 18.1. The van der Waals surface area contributed by atoms with Gasteiger partial charge >= 0.3 is 0 Å². The van der Waals surface area contributed by atoms with Gasteiger partial charge in [-0.2, -0.15) is 4.98 Å². The van der Waals surface area contributed by atoms with Gasteiger partial charge in [0.1, 0.15) is 5.65 Å². The van der Waals surface area contributed by atoms with E-state index >= 15 is 0 Å². The zero-order valence-electron chi connectivity index (χ0n) is 17.2. The minimum Gasteiger partial charge on any atom is -0.392 e. The van der Waals surface area contributed by atoms with Crippen molar-refractivity contribution in [1.29, 1.82) is 0 Å². The van der Waals surface area contributed by atoms with E-state index in [1.807, 2.05) is 18.6 Å². The summed E-state index contributed by atoms with van der Waals surface area (Å²) >= 11 is 1.56. The lowest BCUT2D eigenvalue weighted by atomic mass is 10.2. The molecule has 0 amide bonds. The van der Waals surface area contributed by atoms with Gasteiger partial charge < -0.3 is 9.67 Å². The van der Waals surface area contributed by atoms with Crippen LogP contribution in [0.4, 0.5) is 11.1 Å². The summed E-state index contributed by atoms with van der Waals surface area (Å²) in [7, 11) is 0. The van der Waals surface area contributed by atoms with Crippen LogP contribution >= 0.6 is 11.3 Å². The highest BCUT2D eigenvalue weighted by molar-refractivity contribution is 7.13. The maximum absolute atomic E-state index is 9.72. The number of likely N-dealkylation sites (tertiary alicyclic amines) is 1. The Bertz CT molecular complexity index is 1230. The first-order chi connectivity index (χ1) is 15.2. The number of hydrogen-bond acceptors (Lipinski definition) is 8. The average molecular weight is 436 g/mol. The molecule has 4 aromatic heterocycles. The van der Waals surface area contributed by atoms with Crippen molar-refractivity contribution in [1.82, 2.24) is 29.4 Å². The number of aliphatic hydroxyl groups excluding tert-OH is 1. The van der Waals surface area contributed by atoms with Crippen molar-refractivity contribution in [2.75, 3.05) is 18.4 Å². The number of rotatable bonds is 5. The molecule has 1 saturated heterocycles. The molecule has 4 aromatic rings. The van der Waals surface area contributed by atoms with Crippen molar-refractivity contribution in [2.24, 2.45) is 0 Å². The molecule has 1 aliphatic heterocycles. The number of fused-ring (bicyclic) bond motifs is 3. The van der Waals surface area contributed by atoms with E-state index in [1.54, 1.807) is 11.3 Å². The average Bonchev–Trinajstić information content (AvgIpc) is 3.56. The van der Waals surface area contributed by atoms with Crippen molar-refractivity contribution in [2.45, 2.75) is 50.8 Å². The van der Waals surface area contributed by atoms with E-state index in [0.29, 0.717) is 12.0 Å². The van der Waals surface area contributed by atoms with Crippen molar-refractivity contribution < 1.29 is 5.11 Å². The first-order valence-electron chi connectivity index (χ1n) is 11.0. The monoisotopic (exact) mass is 435 g/mol. The number of nitrogens with zero attached hydrogens (tertiary/aromatic N) is 6. The molecule has 31 heavy (non-hydrogen) atoms. The number of nitrogens with one attached hydrogen (secondary N) is 1. The SMILES string of the molecule is O[C@H]1CCN(Cc2csc(Nc3ncc4c5ccncc5n(C5CCCC5)c4n3)n2)C1. The van der Waals surface area contributed by atoms with Crippen LogP contribution in [0.3, 0.4) is 0 Å². The molecule has 5 heterocycles. The van der Waals surface area contributed by atoms with E-state index in [1.165, 1.54) is 25.7 Å². The molecule has 2 fully saturated rings. The van der Waals surface area contributed by atoms with Gasteiger partial charge in [-0.05, 0) is 25.3 Å². The Hall–Kier alpha value is -2.62. The van der Waals surface area contributed by atoms with Crippen LogP contribution in [0.2, 0.25) is 0 Å². The summed E-state index contributed by atoms with van der Waals surface area (Å²) < 4.78 is 2.36. The lowest BCUT2D eigenvalue weighted by Gasteiger charge is -2.14. The highest BCUT2D eigenvalue weighted by Crippen LogP contribution is 2.37. The summed E-state index contributed by atoms with van der Waals surface area (Å²) in [6.45, 7) is 2.40. The maximum Gasteiger partial charge on any atom is 0.230 e. The number of anilines is 2. The minimum atomic E-state index is -0.210. The molecule has 2 N–H and O–H groups in total. The second kappa shape index (κ2) is 7.81. The van der Waals surface area contributed by atoms with E-state index in [0.717, 1.165) is 58.8 Å². The molecule has 6 rings (SSSR count). The van der Waals surface area contributed by atoms with Crippen LogP contribution in [0.1, 0.15) is 43.8 Å². The van der Waals surface area contributed by atoms with Gasteiger partial charge in [0.05, 0.1) is 23.5 Å². The number of aromatic nitrogens is 5. The van der Waals surface area contributed by atoms with Gasteiger partial charge in [-0.1, -0.05) is 12.8 Å². The molecule has 0 spiro atoms. The van der Waals surface area contributed by atoms with Gasteiger partial charge in [0.25, 0.3) is 0 Å². The van der Waals surface area contributed by atoms with Crippen LogP contribution in [0.5, 0.6) is 0 Å².